The van der Waals surface area contributed by atoms with E-state index < -0.39 is 6.10 Å². The number of aliphatic hydroxyl groups excluding tert-OH is 1. The second-order valence-corrected chi connectivity index (χ2v) is 5.15. The molecule has 1 rings (SSSR count). The summed E-state index contributed by atoms with van der Waals surface area (Å²) in [4.78, 5) is 0. The monoisotopic (exact) mass is 262 g/mol. The summed E-state index contributed by atoms with van der Waals surface area (Å²) in [5, 5.41) is 10.1. The summed E-state index contributed by atoms with van der Waals surface area (Å²) in [6, 6.07) is 4.57. The molecule has 16 heavy (non-hydrogen) atoms. The molecule has 4 heteroatoms. The Labute approximate surface area is 105 Å². The lowest BCUT2D eigenvalue weighted by Gasteiger charge is -2.10. The van der Waals surface area contributed by atoms with E-state index in [-0.39, 0.29) is 5.82 Å². The smallest absolute Gasteiger partial charge is 0.127 e. The first-order valence-corrected chi connectivity index (χ1v) is 7.01. The Bertz CT molecular complexity index is 333. The average molecular weight is 263 g/mol. The van der Waals surface area contributed by atoms with Gasteiger partial charge in [-0.1, -0.05) is 17.7 Å². The number of aliphatic hydroxyl groups is 1. The van der Waals surface area contributed by atoms with Crippen LogP contribution in [0.3, 0.4) is 0 Å². The maximum atomic E-state index is 13.4. The first-order chi connectivity index (χ1) is 7.63. The van der Waals surface area contributed by atoms with Crippen LogP contribution < -0.4 is 0 Å². The van der Waals surface area contributed by atoms with E-state index in [0.29, 0.717) is 23.4 Å². The molecular formula is C12H16ClFOS. The maximum Gasteiger partial charge on any atom is 0.127 e. The number of thioether (sulfide) groups is 1. The Hall–Kier alpha value is -0.250. The highest BCUT2D eigenvalue weighted by Crippen LogP contribution is 2.17. The highest BCUT2D eigenvalue weighted by atomic mass is 35.5. The van der Waals surface area contributed by atoms with E-state index in [4.69, 9.17) is 11.6 Å². The summed E-state index contributed by atoms with van der Waals surface area (Å²) in [6.45, 7) is 0. The van der Waals surface area contributed by atoms with E-state index in [0.717, 1.165) is 12.2 Å². The minimum absolute atomic E-state index is 0.337. The Balaban J connectivity index is 2.46. The van der Waals surface area contributed by atoms with Crippen molar-refractivity contribution in [2.75, 3.05) is 12.0 Å². The van der Waals surface area contributed by atoms with Crippen LogP contribution in [-0.4, -0.2) is 23.2 Å². The normalized spacial score (nSPS) is 12.8. The molecule has 0 aromatic heterocycles. The van der Waals surface area contributed by atoms with Crippen LogP contribution >= 0.6 is 23.4 Å². The zero-order valence-corrected chi connectivity index (χ0v) is 10.8. The molecule has 0 heterocycles. The summed E-state index contributed by atoms with van der Waals surface area (Å²) < 4.78 is 13.4. The molecule has 1 aromatic rings. The number of rotatable bonds is 6. The summed E-state index contributed by atoms with van der Waals surface area (Å²) in [5.74, 6) is 0.691. The molecule has 0 saturated carbocycles. The van der Waals surface area contributed by atoms with Crippen molar-refractivity contribution in [3.05, 3.63) is 34.6 Å². The van der Waals surface area contributed by atoms with Gasteiger partial charge in [-0.25, -0.2) is 4.39 Å². The van der Waals surface area contributed by atoms with Crippen LogP contribution in [0.5, 0.6) is 0 Å². The molecule has 0 aliphatic heterocycles. The van der Waals surface area contributed by atoms with E-state index >= 15 is 0 Å². The van der Waals surface area contributed by atoms with Crippen LogP contribution in [0, 0.1) is 5.82 Å². The van der Waals surface area contributed by atoms with Crippen LogP contribution in [0.25, 0.3) is 0 Å². The summed E-state index contributed by atoms with van der Waals surface area (Å²) in [7, 11) is 0. The standard InChI is InChI=1S/C12H16ClFOS/c1-16-6-2-3-11(15)7-9-4-5-10(13)8-12(9)14/h4-5,8,11,15H,2-3,6-7H2,1H3. The molecule has 1 unspecified atom stereocenters. The van der Waals surface area contributed by atoms with Gasteiger partial charge in [0.1, 0.15) is 5.82 Å². The number of hydrogen-bond donors (Lipinski definition) is 1. The first-order valence-electron chi connectivity index (χ1n) is 5.24. The van der Waals surface area contributed by atoms with Crippen LogP contribution in [-0.2, 0) is 6.42 Å². The van der Waals surface area contributed by atoms with Gasteiger partial charge in [0.25, 0.3) is 0 Å². The first kappa shape index (κ1) is 13.8. The molecule has 0 fully saturated rings. The van der Waals surface area contributed by atoms with Crippen molar-refractivity contribution in [2.24, 2.45) is 0 Å². The van der Waals surface area contributed by atoms with E-state index in [1.165, 1.54) is 6.07 Å². The molecule has 1 nitrogen and oxygen atoms in total. The van der Waals surface area contributed by atoms with Gasteiger partial charge in [-0.05, 0) is 42.5 Å². The number of halogens is 2. The van der Waals surface area contributed by atoms with Gasteiger partial charge < -0.3 is 5.11 Å². The van der Waals surface area contributed by atoms with Gasteiger partial charge in [0.05, 0.1) is 6.10 Å². The molecule has 90 valence electrons. The zero-order chi connectivity index (χ0) is 12.0. The second kappa shape index (κ2) is 7.15. The van der Waals surface area contributed by atoms with Crippen LogP contribution in [0.1, 0.15) is 18.4 Å². The zero-order valence-electron chi connectivity index (χ0n) is 9.25. The van der Waals surface area contributed by atoms with Crippen molar-refractivity contribution in [3.63, 3.8) is 0 Å². The Morgan fingerprint density at radius 3 is 2.88 bits per heavy atom. The number of hydrogen-bond acceptors (Lipinski definition) is 2. The second-order valence-electron chi connectivity index (χ2n) is 3.73. The van der Waals surface area contributed by atoms with Crippen molar-refractivity contribution in [2.45, 2.75) is 25.4 Å². The average Bonchev–Trinajstić information content (AvgIpc) is 2.23. The van der Waals surface area contributed by atoms with Gasteiger partial charge in [0.15, 0.2) is 0 Å². The molecule has 0 spiro atoms. The molecule has 0 saturated heterocycles. The third-order valence-corrected chi connectivity index (χ3v) is 3.29. The SMILES string of the molecule is CSCCCC(O)Cc1ccc(Cl)cc1F. The van der Waals surface area contributed by atoms with E-state index in [1.807, 2.05) is 6.26 Å². The van der Waals surface area contributed by atoms with Crippen molar-refractivity contribution >= 4 is 23.4 Å². The van der Waals surface area contributed by atoms with E-state index in [1.54, 1.807) is 23.9 Å². The molecule has 0 bridgehead atoms. The van der Waals surface area contributed by atoms with Gasteiger partial charge in [0, 0.05) is 11.4 Å². The van der Waals surface area contributed by atoms with Crippen molar-refractivity contribution in [3.8, 4) is 0 Å². The summed E-state index contributed by atoms with van der Waals surface area (Å²) >= 11 is 7.40. The largest absolute Gasteiger partial charge is 0.393 e. The van der Waals surface area contributed by atoms with Crippen LogP contribution in [0.4, 0.5) is 4.39 Å². The van der Waals surface area contributed by atoms with Gasteiger partial charge in [-0.2, -0.15) is 11.8 Å². The van der Waals surface area contributed by atoms with Crippen LogP contribution in [0.15, 0.2) is 18.2 Å². The molecule has 0 radical (unpaired) electrons. The fourth-order valence-corrected chi connectivity index (χ4v) is 2.12. The maximum absolute atomic E-state index is 13.4. The van der Waals surface area contributed by atoms with E-state index in [9.17, 15) is 9.50 Å². The van der Waals surface area contributed by atoms with Crippen LogP contribution in [0.2, 0.25) is 5.02 Å². The molecule has 0 aliphatic rings. The van der Waals surface area contributed by atoms with Gasteiger partial charge >= 0.3 is 0 Å². The highest BCUT2D eigenvalue weighted by molar-refractivity contribution is 7.98. The fraction of sp³-hybridized carbons (Fsp3) is 0.500. The molecular weight excluding hydrogens is 247 g/mol. The van der Waals surface area contributed by atoms with Gasteiger partial charge in [-0.15, -0.1) is 0 Å². The minimum Gasteiger partial charge on any atom is -0.393 e. The Morgan fingerprint density at radius 1 is 1.50 bits per heavy atom. The van der Waals surface area contributed by atoms with Gasteiger partial charge in [0.2, 0.25) is 0 Å². The Kier molecular flexibility index (Phi) is 6.17. The third kappa shape index (κ3) is 4.73. The minimum atomic E-state index is -0.470. The molecule has 1 N–H and O–H groups in total. The van der Waals surface area contributed by atoms with Crippen molar-refractivity contribution in [1.82, 2.24) is 0 Å². The highest BCUT2D eigenvalue weighted by Gasteiger charge is 2.09. The molecule has 1 atom stereocenters. The van der Waals surface area contributed by atoms with Crippen molar-refractivity contribution < 1.29 is 9.50 Å². The number of benzene rings is 1. The van der Waals surface area contributed by atoms with Gasteiger partial charge in [-0.3, -0.25) is 0 Å². The summed E-state index contributed by atoms with van der Waals surface area (Å²) in [6.07, 6.45) is 3.59. The topological polar surface area (TPSA) is 20.2 Å². The molecule has 0 aliphatic carbocycles. The fourth-order valence-electron chi connectivity index (χ4n) is 1.51. The lowest BCUT2D eigenvalue weighted by atomic mass is 10.0. The predicted octanol–water partition coefficient (Wildman–Crippen LogP) is 3.53. The summed E-state index contributed by atoms with van der Waals surface area (Å²) in [5.41, 5.74) is 0.529. The Morgan fingerprint density at radius 2 is 2.25 bits per heavy atom. The predicted molar refractivity (Wildman–Crippen MR) is 68.7 cm³/mol. The molecule has 0 amide bonds. The quantitative estimate of drug-likeness (QED) is 0.792. The lowest BCUT2D eigenvalue weighted by molar-refractivity contribution is 0.163. The third-order valence-electron chi connectivity index (χ3n) is 2.36. The van der Waals surface area contributed by atoms with Crippen molar-refractivity contribution in [1.29, 1.82) is 0 Å². The van der Waals surface area contributed by atoms with E-state index in [2.05, 4.69) is 0 Å². The molecule has 1 aromatic carbocycles. The lowest BCUT2D eigenvalue weighted by Crippen LogP contribution is -2.11.